The average Bonchev–Trinajstić information content (AvgIpc) is 3.31. The second-order valence-corrected chi connectivity index (χ2v) is 8.28. The molecule has 176 valence electrons. The first-order valence-corrected chi connectivity index (χ1v) is 11.5. The molecule has 2 amide bonds. The molecule has 2 aromatic carbocycles. The van der Waals surface area contributed by atoms with Crippen LogP contribution in [0.2, 0.25) is 0 Å². The lowest BCUT2D eigenvalue weighted by atomic mass is 9.93. The fourth-order valence-electron chi connectivity index (χ4n) is 3.83. The normalized spacial score (nSPS) is 15.0. The van der Waals surface area contributed by atoms with Gasteiger partial charge in [0.1, 0.15) is 17.4 Å². The summed E-state index contributed by atoms with van der Waals surface area (Å²) in [6, 6.07) is 19.3. The molecular weight excluding hydrogens is 440 g/mol. The summed E-state index contributed by atoms with van der Waals surface area (Å²) in [6.07, 6.45) is 5.59. The SMILES string of the molecule is CCCCOc1ccc(-c2nn(-c3ccccc3)cc2/C=C2/C(=O)N(C)C(=O)C(C#N)=C2C)cc1. The maximum Gasteiger partial charge on any atom is 0.271 e. The van der Waals surface area contributed by atoms with Crippen LogP contribution in [-0.4, -0.2) is 40.1 Å². The number of amides is 2. The zero-order valence-corrected chi connectivity index (χ0v) is 20.0. The quantitative estimate of drug-likeness (QED) is 0.280. The van der Waals surface area contributed by atoms with Crippen LogP contribution in [0.15, 0.2) is 77.5 Å². The minimum absolute atomic E-state index is 0.0380. The molecule has 1 aliphatic rings. The number of carbonyl (C=O) groups is 2. The third-order valence-electron chi connectivity index (χ3n) is 5.90. The summed E-state index contributed by atoms with van der Waals surface area (Å²) in [5.41, 5.74) is 3.69. The van der Waals surface area contributed by atoms with E-state index in [1.807, 2.05) is 66.9 Å². The number of unbranched alkanes of at least 4 members (excludes halogenated alkanes) is 1. The molecule has 1 aliphatic heterocycles. The summed E-state index contributed by atoms with van der Waals surface area (Å²) in [5, 5.41) is 14.3. The van der Waals surface area contributed by atoms with Gasteiger partial charge in [-0.2, -0.15) is 10.4 Å². The van der Waals surface area contributed by atoms with Crippen molar-refractivity contribution >= 4 is 17.9 Å². The van der Waals surface area contributed by atoms with E-state index in [2.05, 4.69) is 6.92 Å². The Bertz CT molecular complexity index is 1360. The molecule has 3 aromatic rings. The fraction of sp³-hybridized carbons (Fsp3) is 0.214. The molecule has 0 unspecified atom stereocenters. The van der Waals surface area contributed by atoms with Crippen molar-refractivity contribution < 1.29 is 14.3 Å². The highest BCUT2D eigenvalue weighted by Crippen LogP contribution is 2.31. The van der Waals surface area contributed by atoms with Crippen LogP contribution in [0.4, 0.5) is 0 Å². The van der Waals surface area contributed by atoms with Crippen molar-refractivity contribution in [2.45, 2.75) is 26.7 Å². The number of hydrogen-bond donors (Lipinski definition) is 0. The Kier molecular flexibility index (Phi) is 6.93. The molecule has 0 bridgehead atoms. The number of hydrogen-bond acceptors (Lipinski definition) is 5. The third-order valence-corrected chi connectivity index (χ3v) is 5.90. The summed E-state index contributed by atoms with van der Waals surface area (Å²) < 4.78 is 7.53. The fourth-order valence-corrected chi connectivity index (χ4v) is 3.83. The van der Waals surface area contributed by atoms with Crippen molar-refractivity contribution in [3.8, 4) is 28.8 Å². The van der Waals surface area contributed by atoms with Crippen LogP contribution in [0, 0.1) is 11.3 Å². The number of carbonyl (C=O) groups excluding carboxylic acids is 2. The molecular formula is C28H26N4O3. The maximum atomic E-state index is 13.0. The minimum Gasteiger partial charge on any atom is -0.494 e. The summed E-state index contributed by atoms with van der Waals surface area (Å²) >= 11 is 0. The zero-order chi connectivity index (χ0) is 24.9. The summed E-state index contributed by atoms with van der Waals surface area (Å²) in [5.74, 6) is -0.264. The van der Waals surface area contributed by atoms with Gasteiger partial charge < -0.3 is 4.74 Å². The molecule has 0 spiro atoms. The predicted molar refractivity (Wildman–Crippen MR) is 133 cm³/mol. The Morgan fingerprint density at radius 1 is 1.06 bits per heavy atom. The number of benzene rings is 2. The van der Waals surface area contributed by atoms with Crippen molar-refractivity contribution in [3.05, 3.63) is 83.1 Å². The highest BCUT2D eigenvalue weighted by Gasteiger charge is 2.33. The highest BCUT2D eigenvalue weighted by molar-refractivity contribution is 6.19. The van der Waals surface area contributed by atoms with E-state index in [-0.39, 0.29) is 11.1 Å². The number of aromatic nitrogens is 2. The molecule has 35 heavy (non-hydrogen) atoms. The molecule has 0 fully saturated rings. The van der Waals surface area contributed by atoms with Gasteiger partial charge in [0.2, 0.25) is 0 Å². The van der Waals surface area contributed by atoms with Crippen molar-refractivity contribution in [3.63, 3.8) is 0 Å². The largest absolute Gasteiger partial charge is 0.494 e. The zero-order valence-electron chi connectivity index (χ0n) is 20.0. The van der Waals surface area contributed by atoms with Gasteiger partial charge in [-0.1, -0.05) is 31.5 Å². The first kappa shape index (κ1) is 23.7. The van der Waals surface area contributed by atoms with Gasteiger partial charge in [0.25, 0.3) is 11.8 Å². The Morgan fingerprint density at radius 3 is 2.43 bits per heavy atom. The molecule has 0 radical (unpaired) electrons. The van der Waals surface area contributed by atoms with Crippen LogP contribution in [0.3, 0.4) is 0 Å². The number of imide groups is 1. The topological polar surface area (TPSA) is 88.2 Å². The number of para-hydroxylation sites is 1. The molecule has 4 rings (SSSR count). The molecule has 7 nitrogen and oxygen atoms in total. The van der Waals surface area contributed by atoms with Gasteiger partial charge >= 0.3 is 0 Å². The summed E-state index contributed by atoms with van der Waals surface area (Å²) in [7, 11) is 1.38. The van der Waals surface area contributed by atoms with Gasteiger partial charge in [0, 0.05) is 29.9 Å². The number of ether oxygens (including phenoxy) is 1. The Labute approximate surface area is 204 Å². The molecule has 7 heteroatoms. The van der Waals surface area contributed by atoms with E-state index in [9.17, 15) is 14.9 Å². The lowest BCUT2D eigenvalue weighted by Crippen LogP contribution is -2.39. The number of nitriles is 1. The van der Waals surface area contributed by atoms with Gasteiger partial charge in [-0.25, -0.2) is 4.68 Å². The van der Waals surface area contributed by atoms with E-state index >= 15 is 0 Å². The van der Waals surface area contributed by atoms with Crippen LogP contribution in [0.25, 0.3) is 23.0 Å². The van der Waals surface area contributed by atoms with E-state index in [0.717, 1.165) is 34.7 Å². The van der Waals surface area contributed by atoms with Crippen molar-refractivity contribution in [1.82, 2.24) is 14.7 Å². The molecule has 2 heterocycles. The highest BCUT2D eigenvalue weighted by atomic mass is 16.5. The van der Waals surface area contributed by atoms with Crippen LogP contribution >= 0.6 is 0 Å². The molecule has 0 N–H and O–H groups in total. The van der Waals surface area contributed by atoms with Crippen LogP contribution in [0.5, 0.6) is 5.75 Å². The minimum atomic E-state index is -0.592. The van der Waals surface area contributed by atoms with Crippen molar-refractivity contribution in [1.29, 1.82) is 5.26 Å². The van der Waals surface area contributed by atoms with E-state index in [0.29, 0.717) is 23.4 Å². The van der Waals surface area contributed by atoms with Crippen LogP contribution in [0.1, 0.15) is 32.3 Å². The predicted octanol–water partition coefficient (Wildman–Crippen LogP) is 4.94. The lowest BCUT2D eigenvalue weighted by Gasteiger charge is -2.23. The average molecular weight is 467 g/mol. The van der Waals surface area contributed by atoms with Crippen molar-refractivity contribution in [2.75, 3.05) is 13.7 Å². The number of likely N-dealkylation sites (N-methyl/N-ethyl adjacent to an activating group) is 1. The number of nitrogens with zero attached hydrogens (tertiary/aromatic N) is 4. The second-order valence-electron chi connectivity index (χ2n) is 8.28. The smallest absolute Gasteiger partial charge is 0.271 e. The molecule has 0 saturated heterocycles. The van der Waals surface area contributed by atoms with Gasteiger partial charge in [-0.3, -0.25) is 14.5 Å². The van der Waals surface area contributed by atoms with Gasteiger partial charge in [-0.15, -0.1) is 0 Å². The Morgan fingerprint density at radius 2 is 1.77 bits per heavy atom. The van der Waals surface area contributed by atoms with Crippen LogP contribution < -0.4 is 4.74 Å². The first-order chi connectivity index (χ1) is 16.9. The third kappa shape index (κ3) is 4.78. The summed E-state index contributed by atoms with van der Waals surface area (Å²) in [4.78, 5) is 26.3. The second kappa shape index (κ2) is 10.2. The first-order valence-electron chi connectivity index (χ1n) is 11.5. The van der Waals surface area contributed by atoms with E-state index in [1.165, 1.54) is 7.05 Å². The van der Waals surface area contributed by atoms with Crippen LogP contribution in [-0.2, 0) is 9.59 Å². The Hall–Kier alpha value is -4.44. The lowest BCUT2D eigenvalue weighted by molar-refractivity contribution is -0.138. The molecule has 0 atom stereocenters. The number of rotatable bonds is 7. The van der Waals surface area contributed by atoms with Gasteiger partial charge in [0.15, 0.2) is 0 Å². The van der Waals surface area contributed by atoms with E-state index < -0.39 is 11.8 Å². The van der Waals surface area contributed by atoms with Crippen molar-refractivity contribution in [2.24, 2.45) is 0 Å². The molecule has 1 aromatic heterocycles. The van der Waals surface area contributed by atoms with Gasteiger partial charge in [-0.05, 0) is 61.4 Å². The maximum absolute atomic E-state index is 13.0. The van der Waals surface area contributed by atoms with E-state index in [1.54, 1.807) is 17.7 Å². The molecule has 0 saturated carbocycles. The van der Waals surface area contributed by atoms with Gasteiger partial charge in [0.05, 0.1) is 18.0 Å². The Balaban J connectivity index is 1.82. The monoisotopic (exact) mass is 466 g/mol. The molecule has 0 aliphatic carbocycles. The van der Waals surface area contributed by atoms with E-state index in [4.69, 9.17) is 9.84 Å². The standard InChI is InChI=1S/C28H26N4O3/c1-4-5-15-35-23-13-11-20(12-14-23)26-21(18-32(30-26)22-9-7-6-8-10-22)16-24-19(2)25(17-29)28(34)31(3)27(24)33/h6-14,16,18H,4-5,15H2,1-3H3/b24-16+. The summed E-state index contributed by atoms with van der Waals surface area (Å²) in [6.45, 7) is 4.40.